The highest BCUT2D eigenvalue weighted by Crippen LogP contribution is 2.22. The van der Waals surface area contributed by atoms with Crippen LogP contribution in [0, 0.1) is 6.92 Å². The van der Waals surface area contributed by atoms with Crippen LogP contribution in [0.1, 0.15) is 36.2 Å². The number of hydrogen-bond acceptors (Lipinski definition) is 3. The lowest BCUT2D eigenvalue weighted by atomic mass is 9.99. The molecule has 21 heavy (non-hydrogen) atoms. The van der Waals surface area contributed by atoms with Crippen LogP contribution in [0.25, 0.3) is 0 Å². The third-order valence-corrected chi connectivity index (χ3v) is 3.76. The third-order valence-electron chi connectivity index (χ3n) is 3.76. The summed E-state index contributed by atoms with van der Waals surface area (Å²) in [5.74, 6) is 0.907. The normalized spacial score (nSPS) is 12.4. The van der Waals surface area contributed by atoms with E-state index in [1.165, 1.54) is 11.1 Å². The molecule has 0 fully saturated rings. The minimum Gasteiger partial charge on any atom is -0.497 e. The number of nitrogens with zero attached hydrogens (tertiary/aromatic N) is 2. The lowest BCUT2D eigenvalue weighted by molar-refractivity contribution is 0.414. The molecule has 114 valence electrons. The van der Waals surface area contributed by atoms with Gasteiger partial charge < -0.3 is 10.1 Å². The zero-order valence-corrected chi connectivity index (χ0v) is 13.4. The van der Waals surface area contributed by atoms with Gasteiger partial charge in [0.1, 0.15) is 5.75 Å². The van der Waals surface area contributed by atoms with Gasteiger partial charge in [0.05, 0.1) is 12.8 Å². The van der Waals surface area contributed by atoms with Crippen LogP contribution in [0.15, 0.2) is 30.5 Å². The molecule has 1 atom stereocenters. The highest BCUT2D eigenvalue weighted by atomic mass is 16.5. The molecule has 1 heterocycles. The first-order chi connectivity index (χ1) is 10.1. The number of aromatic nitrogens is 2. The molecule has 1 unspecified atom stereocenters. The molecule has 0 aliphatic rings. The Morgan fingerprint density at radius 2 is 2.00 bits per heavy atom. The summed E-state index contributed by atoms with van der Waals surface area (Å²) < 4.78 is 7.09. The lowest BCUT2D eigenvalue weighted by Gasteiger charge is -2.17. The molecular formula is C17H25N3O. The van der Waals surface area contributed by atoms with E-state index in [9.17, 15) is 0 Å². The maximum absolute atomic E-state index is 5.20. The molecule has 1 N–H and O–H groups in total. The molecule has 1 aromatic carbocycles. The number of nitrogens with one attached hydrogen (secondary N) is 1. The predicted octanol–water partition coefficient (Wildman–Crippen LogP) is 3.02. The Bertz CT molecular complexity index is 560. The summed E-state index contributed by atoms with van der Waals surface area (Å²) in [7, 11) is 3.67. The van der Waals surface area contributed by atoms with Gasteiger partial charge in [-0.1, -0.05) is 19.1 Å². The molecule has 0 amide bonds. The Kier molecular flexibility index (Phi) is 5.39. The van der Waals surface area contributed by atoms with Gasteiger partial charge in [-0.2, -0.15) is 5.10 Å². The van der Waals surface area contributed by atoms with Crippen LogP contribution in [0.3, 0.4) is 0 Å². The minimum atomic E-state index is 0.353. The van der Waals surface area contributed by atoms with E-state index in [-0.39, 0.29) is 0 Å². The van der Waals surface area contributed by atoms with Crippen molar-refractivity contribution in [1.82, 2.24) is 15.1 Å². The number of aryl methyl sites for hydroxylation is 3. The van der Waals surface area contributed by atoms with Gasteiger partial charge in [0.25, 0.3) is 0 Å². The van der Waals surface area contributed by atoms with E-state index in [0.29, 0.717) is 6.04 Å². The van der Waals surface area contributed by atoms with Crippen molar-refractivity contribution in [2.45, 2.75) is 32.7 Å². The number of benzene rings is 1. The summed E-state index contributed by atoms with van der Waals surface area (Å²) in [6.45, 7) is 5.18. The van der Waals surface area contributed by atoms with Crippen molar-refractivity contribution in [3.05, 3.63) is 47.3 Å². The van der Waals surface area contributed by atoms with E-state index in [1.54, 1.807) is 7.11 Å². The molecule has 0 saturated carbocycles. The van der Waals surface area contributed by atoms with E-state index in [1.807, 2.05) is 23.9 Å². The number of ether oxygens (including phenoxy) is 1. The molecule has 1 aromatic heterocycles. The van der Waals surface area contributed by atoms with Gasteiger partial charge in [0.2, 0.25) is 0 Å². The van der Waals surface area contributed by atoms with Crippen LogP contribution >= 0.6 is 0 Å². The first-order valence-electron chi connectivity index (χ1n) is 7.50. The van der Waals surface area contributed by atoms with Crippen LogP contribution in [0.4, 0.5) is 0 Å². The van der Waals surface area contributed by atoms with Crippen molar-refractivity contribution in [2.24, 2.45) is 7.05 Å². The fourth-order valence-corrected chi connectivity index (χ4v) is 2.68. The highest BCUT2D eigenvalue weighted by molar-refractivity contribution is 5.28. The van der Waals surface area contributed by atoms with Gasteiger partial charge in [0, 0.05) is 24.8 Å². The van der Waals surface area contributed by atoms with Gasteiger partial charge in [-0.3, -0.25) is 4.68 Å². The summed E-state index contributed by atoms with van der Waals surface area (Å²) in [6.07, 6.45) is 4.22. The second-order valence-corrected chi connectivity index (χ2v) is 5.34. The molecule has 0 aliphatic carbocycles. The fourth-order valence-electron chi connectivity index (χ4n) is 2.68. The molecular weight excluding hydrogens is 262 g/mol. The number of hydrogen-bond donors (Lipinski definition) is 1. The maximum atomic E-state index is 5.20. The van der Waals surface area contributed by atoms with E-state index in [0.717, 1.165) is 30.8 Å². The summed E-state index contributed by atoms with van der Waals surface area (Å²) >= 11 is 0. The average Bonchev–Trinajstić information content (AvgIpc) is 2.82. The van der Waals surface area contributed by atoms with Crippen molar-refractivity contribution in [3.63, 3.8) is 0 Å². The number of methoxy groups -OCH3 is 1. The summed E-state index contributed by atoms with van der Waals surface area (Å²) in [6, 6.07) is 8.67. The van der Waals surface area contributed by atoms with Crippen molar-refractivity contribution < 1.29 is 4.74 Å². The van der Waals surface area contributed by atoms with E-state index in [4.69, 9.17) is 4.74 Å². The molecule has 2 rings (SSSR count). The highest BCUT2D eigenvalue weighted by Gasteiger charge is 2.15. The second-order valence-electron chi connectivity index (χ2n) is 5.34. The van der Waals surface area contributed by atoms with Crippen LogP contribution in [-0.4, -0.2) is 23.4 Å². The lowest BCUT2D eigenvalue weighted by Crippen LogP contribution is -2.21. The summed E-state index contributed by atoms with van der Waals surface area (Å²) in [5.41, 5.74) is 3.74. The summed E-state index contributed by atoms with van der Waals surface area (Å²) in [4.78, 5) is 0. The Morgan fingerprint density at radius 3 is 2.52 bits per heavy atom. The predicted molar refractivity (Wildman–Crippen MR) is 85.7 cm³/mol. The van der Waals surface area contributed by atoms with Crippen LogP contribution in [0.2, 0.25) is 0 Å². The van der Waals surface area contributed by atoms with Gasteiger partial charge in [-0.25, -0.2) is 0 Å². The van der Waals surface area contributed by atoms with Crippen molar-refractivity contribution in [2.75, 3.05) is 13.7 Å². The van der Waals surface area contributed by atoms with Crippen molar-refractivity contribution in [1.29, 1.82) is 0 Å². The molecule has 4 heteroatoms. The van der Waals surface area contributed by atoms with Crippen molar-refractivity contribution >= 4 is 0 Å². The Morgan fingerprint density at radius 1 is 1.29 bits per heavy atom. The Balaban J connectivity index is 2.04. The smallest absolute Gasteiger partial charge is 0.118 e. The second kappa shape index (κ2) is 7.27. The molecule has 0 saturated heterocycles. The van der Waals surface area contributed by atoms with E-state index in [2.05, 4.69) is 42.6 Å². The topological polar surface area (TPSA) is 39.1 Å². The minimum absolute atomic E-state index is 0.353. The SMILES string of the molecule is CCNC(CCc1ccc(OC)cc1)c1cn(C)nc1C. The Labute approximate surface area is 127 Å². The summed E-state index contributed by atoms with van der Waals surface area (Å²) in [5, 5.41) is 8.02. The van der Waals surface area contributed by atoms with Gasteiger partial charge in [-0.15, -0.1) is 0 Å². The van der Waals surface area contributed by atoms with E-state index < -0.39 is 0 Å². The largest absolute Gasteiger partial charge is 0.497 e. The first kappa shape index (κ1) is 15.6. The van der Waals surface area contributed by atoms with Crippen LogP contribution in [0.5, 0.6) is 5.75 Å². The standard InChI is InChI=1S/C17H25N3O/c1-5-18-17(16-12-20(3)19-13(16)2)11-8-14-6-9-15(21-4)10-7-14/h6-7,9-10,12,17-18H,5,8,11H2,1-4H3. The maximum Gasteiger partial charge on any atom is 0.118 e. The number of rotatable bonds is 7. The molecule has 0 bridgehead atoms. The fraction of sp³-hybridized carbons (Fsp3) is 0.471. The zero-order chi connectivity index (χ0) is 15.2. The molecule has 0 radical (unpaired) electrons. The van der Waals surface area contributed by atoms with Crippen LogP contribution in [-0.2, 0) is 13.5 Å². The quantitative estimate of drug-likeness (QED) is 0.851. The zero-order valence-electron chi connectivity index (χ0n) is 13.4. The average molecular weight is 287 g/mol. The van der Waals surface area contributed by atoms with Gasteiger partial charge in [-0.05, 0) is 44.0 Å². The van der Waals surface area contributed by atoms with Gasteiger partial charge in [0.15, 0.2) is 0 Å². The van der Waals surface area contributed by atoms with Gasteiger partial charge >= 0.3 is 0 Å². The third kappa shape index (κ3) is 4.08. The molecule has 4 nitrogen and oxygen atoms in total. The van der Waals surface area contributed by atoms with Crippen LogP contribution < -0.4 is 10.1 Å². The molecule has 2 aromatic rings. The molecule has 0 aliphatic heterocycles. The Hall–Kier alpha value is -1.81. The monoisotopic (exact) mass is 287 g/mol. The first-order valence-corrected chi connectivity index (χ1v) is 7.50. The molecule has 0 spiro atoms. The van der Waals surface area contributed by atoms with Crippen molar-refractivity contribution in [3.8, 4) is 5.75 Å². The van der Waals surface area contributed by atoms with E-state index >= 15 is 0 Å².